The summed E-state index contributed by atoms with van der Waals surface area (Å²) in [6.07, 6.45) is 9.04. The number of aryl methyl sites for hydroxylation is 2. The minimum Gasteiger partial charge on any atom is -0.379 e. The molecule has 1 aromatic heterocycles. The van der Waals surface area contributed by atoms with Gasteiger partial charge in [-0.1, -0.05) is 12.8 Å². The molecule has 1 aromatic rings. The maximum Gasteiger partial charge on any atom is 0.0825 e. The smallest absolute Gasteiger partial charge is 0.0825 e. The Hall–Kier alpha value is -1.03. The molecule has 0 aliphatic heterocycles. The Bertz CT molecular complexity index is 448. The molecule has 0 amide bonds. The molecule has 0 bridgehead atoms. The highest BCUT2D eigenvalue weighted by atomic mass is 16.5. The van der Waals surface area contributed by atoms with Gasteiger partial charge in [-0.2, -0.15) is 5.10 Å². The molecule has 2 aliphatic carbocycles. The van der Waals surface area contributed by atoms with Crippen LogP contribution in [0, 0.1) is 12.3 Å². The van der Waals surface area contributed by atoms with Crippen molar-refractivity contribution in [3.8, 4) is 0 Å². The summed E-state index contributed by atoms with van der Waals surface area (Å²) < 4.78 is 7.84. The second-order valence-electron chi connectivity index (χ2n) is 6.12. The van der Waals surface area contributed by atoms with E-state index >= 15 is 0 Å². The SMILES string of the molecule is CCOC1CC(Nc2cn(C)nc2C)C12CCCC2. The lowest BCUT2D eigenvalue weighted by molar-refractivity contribution is -0.114. The van der Waals surface area contributed by atoms with E-state index in [1.165, 1.54) is 31.4 Å². The summed E-state index contributed by atoms with van der Waals surface area (Å²) in [5, 5.41) is 8.14. The number of nitrogens with one attached hydrogen (secondary N) is 1. The van der Waals surface area contributed by atoms with Crippen molar-refractivity contribution in [3.63, 3.8) is 0 Å². The standard InChI is InChI=1S/C15H25N3O/c1-4-19-14-9-13(15(14)7-5-6-8-15)16-12-10-18(3)17-11(12)2/h10,13-14,16H,4-9H2,1-3H3. The summed E-state index contributed by atoms with van der Waals surface area (Å²) in [5.41, 5.74) is 2.67. The summed E-state index contributed by atoms with van der Waals surface area (Å²) in [4.78, 5) is 0. The zero-order valence-corrected chi connectivity index (χ0v) is 12.3. The Kier molecular flexibility index (Phi) is 3.29. The van der Waals surface area contributed by atoms with Crippen LogP contribution in [0.5, 0.6) is 0 Å². The highest BCUT2D eigenvalue weighted by Crippen LogP contribution is 2.55. The van der Waals surface area contributed by atoms with Gasteiger partial charge in [-0.15, -0.1) is 0 Å². The van der Waals surface area contributed by atoms with Gasteiger partial charge in [0.2, 0.25) is 0 Å². The molecule has 4 nitrogen and oxygen atoms in total. The van der Waals surface area contributed by atoms with Crippen LogP contribution in [0.2, 0.25) is 0 Å². The Morgan fingerprint density at radius 1 is 1.47 bits per heavy atom. The van der Waals surface area contributed by atoms with Gasteiger partial charge < -0.3 is 10.1 Å². The highest BCUT2D eigenvalue weighted by Gasteiger charge is 2.56. The van der Waals surface area contributed by atoms with Gasteiger partial charge in [-0.3, -0.25) is 4.68 Å². The summed E-state index contributed by atoms with van der Waals surface area (Å²) >= 11 is 0. The Morgan fingerprint density at radius 2 is 2.21 bits per heavy atom. The minimum absolute atomic E-state index is 0.387. The molecule has 1 N–H and O–H groups in total. The molecule has 2 fully saturated rings. The van der Waals surface area contributed by atoms with E-state index in [9.17, 15) is 0 Å². The van der Waals surface area contributed by atoms with Crippen LogP contribution in [-0.4, -0.2) is 28.5 Å². The van der Waals surface area contributed by atoms with Crippen molar-refractivity contribution in [1.29, 1.82) is 0 Å². The van der Waals surface area contributed by atoms with E-state index < -0.39 is 0 Å². The van der Waals surface area contributed by atoms with E-state index in [-0.39, 0.29) is 0 Å². The lowest BCUT2D eigenvalue weighted by atomic mass is 9.60. The largest absolute Gasteiger partial charge is 0.379 e. The van der Waals surface area contributed by atoms with Gasteiger partial charge in [0.15, 0.2) is 0 Å². The van der Waals surface area contributed by atoms with Crippen LogP contribution in [0.4, 0.5) is 5.69 Å². The zero-order valence-electron chi connectivity index (χ0n) is 12.3. The summed E-state index contributed by atoms with van der Waals surface area (Å²) in [7, 11) is 1.98. The molecule has 19 heavy (non-hydrogen) atoms. The molecule has 3 rings (SSSR count). The molecule has 0 saturated heterocycles. The number of aromatic nitrogens is 2. The van der Waals surface area contributed by atoms with Crippen molar-refractivity contribution in [2.75, 3.05) is 11.9 Å². The Balaban J connectivity index is 1.73. The third-order valence-electron chi connectivity index (χ3n) is 5.03. The Morgan fingerprint density at radius 3 is 2.79 bits per heavy atom. The molecule has 2 saturated carbocycles. The first kappa shape index (κ1) is 13.0. The van der Waals surface area contributed by atoms with Crippen molar-refractivity contribution in [2.24, 2.45) is 12.5 Å². The average Bonchev–Trinajstić information content (AvgIpc) is 2.97. The Labute approximate surface area is 115 Å². The second kappa shape index (κ2) is 4.82. The van der Waals surface area contributed by atoms with Crippen LogP contribution in [0.1, 0.15) is 44.7 Å². The fraction of sp³-hybridized carbons (Fsp3) is 0.800. The van der Waals surface area contributed by atoms with Gasteiger partial charge in [0.1, 0.15) is 0 Å². The van der Waals surface area contributed by atoms with Crippen LogP contribution < -0.4 is 5.32 Å². The number of ether oxygens (including phenoxy) is 1. The average molecular weight is 263 g/mol. The van der Waals surface area contributed by atoms with Crippen LogP contribution in [0.25, 0.3) is 0 Å². The van der Waals surface area contributed by atoms with E-state index in [0.29, 0.717) is 17.6 Å². The monoisotopic (exact) mass is 263 g/mol. The molecule has 2 atom stereocenters. The van der Waals surface area contributed by atoms with Crippen molar-refractivity contribution < 1.29 is 4.74 Å². The summed E-state index contributed by atoms with van der Waals surface area (Å²) in [5.74, 6) is 0. The molecule has 1 spiro atoms. The third-order valence-corrected chi connectivity index (χ3v) is 5.03. The maximum atomic E-state index is 5.96. The van der Waals surface area contributed by atoms with E-state index in [2.05, 4.69) is 30.5 Å². The predicted octanol–water partition coefficient (Wildman–Crippen LogP) is 2.88. The van der Waals surface area contributed by atoms with Crippen molar-refractivity contribution in [3.05, 3.63) is 11.9 Å². The van der Waals surface area contributed by atoms with Crippen molar-refractivity contribution in [1.82, 2.24) is 9.78 Å². The number of nitrogens with zero attached hydrogens (tertiary/aromatic N) is 2. The van der Waals surface area contributed by atoms with Gasteiger partial charge in [0.05, 0.1) is 17.5 Å². The summed E-state index contributed by atoms with van der Waals surface area (Å²) in [6.45, 7) is 5.02. The second-order valence-corrected chi connectivity index (χ2v) is 6.12. The van der Waals surface area contributed by atoms with Crippen LogP contribution in [0.3, 0.4) is 0 Å². The van der Waals surface area contributed by atoms with Crippen LogP contribution in [-0.2, 0) is 11.8 Å². The van der Waals surface area contributed by atoms with Gasteiger partial charge in [-0.05, 0) is 33.1 Å². The molecular weight excluding hydrogens is 238 g/mol. The normalized spacial score (nSPS) is 28.6. The lowest BCUT2D eigenvalue weighted by Gasteiger charge is -2.54. The van der Waals surface area contributed by atoms with Gasteiger partial charge >= 0.3 is 0 Å². The van der Waals surface area contributed by atoms with Gasteiger partial charge in [0.25, 0.3) is 0 Å². The predicted molar refractivity (Wildman–Crippen MR) is 76.3 cm³/mol. The van der Waals surface area contributed by atoms with Crippen molar-refractivity contribution in [2.45, 2.75) is 58.1 Å². The number of hydrogen-bond donors (Lipinski definition) is 1. The molecule has 0 radical (unpaired) electrons. The van der Waals surface area contributed by atoms with Gasteiger partial charge in [-0.25, -0.2) is 0 Å². The quantitative estimate of drug-likeness (QED) is 0.908. The third kappa shape index (κ3) is 2.06. The van der Waals surface area contributed by atoms with E-state index in [4.69, 9.17) is 4.74 Å². The first-order valence-corrected chi connectivity index (χ1v) is 7.54. The molecule has 2 aliphatic rings. The lowest BCUT2D eigenvalue weighted by Crippen LogP contribution is -2.60. The minimum atomic E-state index is 0.387. The molecule has 2 unspecified atom stereocenters. The van der Waals surface area contributed by atoms with Crippen molar-refractivity contribution >= 4 is 5.69 Å². The summed E-state index contributed by atoms with van der Waals surface area (Å²) in [6, 6.07) is 0.564. The van der Waals surface area contributed by atoms with Crippen LogP contribution >= 0.6 is 0 Å². The first-order chi connectivity index (χ1) is 9.15. The van der Waals surface area contributed by atoms with E-state index in [1.807, 2.05) is 11.7 Å². The number of rotatable bonds is 4. The fourth-order valence-electron chi connectivity index (χ4n) is 4.02. The zero-order chi connectivity index (χ0) is 13.5. The molecule has 1 heterocycles. The molecule has 4 heteroatoms. The number of anilines is 1. The van der Waals surface area contributed by atoms with Crippen LogP contribution in [0.15, 0.2) is 6.20 Å². The van der Waals surface area contributed by atoms with E-state index in [1.54, 1.807) is 0 Å². The molecule has 106 valence electrons. The topological polar surface area (TPSA) is 39.1 Å². The fourth-order valence-corrected chi connectivity index (χ4v) is 4.02. The van der Waals surface area contributed by atoms with E-state index in [0.717, 1.165) is 18.7 Å². The maximum absolute atomic E-state index is 5.96. The molecular formula is C15H25N3O. The van der Waals surface area contributed by atoms with Gasteiger partial charge in [0, 0.05) is 31.3 Å². The molecule has 0 aromatic carbocycles. The highest BCUT2D eigenvalue weighted by molar-refractivity contribution is 5.48. The first-order valence-electron chi connectivity index (χ1n) is 7.54. The number of hydrogen-bond acceptors (Lipinski definition) is 3.